The molecule has 0 spiro atoms. The lowest BCUT2D eigenvalue weighted by molar-refractivity contribution is 0.0996. The zero-order valence-corrected chi connectivity index (χ0v) is 9.46. The molecule has 2 rings (SSSR count). The highest BCUT2D eigenvalue weighted by atomic mass is 16.3. The van der Waals surface area contributed by atoms with Gasteiger partial charge < -0.3 is 10.8 Å². The van der Waals surface area contributed by atoms with Crippen LogP contribution in [-0.4, -0.2) is 16.8 Å². The Morgan fingerprint density at radius 1 is 0.889 bits per heavy atom. The van der Waals surface area contributed by atoms with Crippen LogP contribution >= 0.6 is 0 Å². The smallest absolute Gasteiger partial charge is 0.248 e. The van der Waals surface area contributed by atoms with E-state index in [2.05, 4.69) is 0 Å². The summed E-state index contributed by atoms with van der Waals surface area (Å²) in [6.07, 6.45) is 0. The second-order valence-electron chi connectivity index (χ2n) is 3.79. The van der Waals surface area contributed by atoms with Crippen molar-refractivity contribution >= 4 is 11.7 Å². The lowest BCUT2D eigenvalue weighted by Gasteiger charge is -2.04. The van der Waals surface area contributed by atoms with E-state index in [9.17, 15) is 14.7 Å². The maximum absolute atomic E-state index is 12.1. The van der Waals surface area contributed by atoms with Gasteiger partial charge in [-0.25, -0.2) is 0 Å². The zero-order valence-electron chi connectivity index (χ0n) is 9.46. The van der Waals surface area contributed by atoms with Gasteiger partial charge in [0.2, 0.25) is 5.91 Å². The van der Waals surface area contributed by atoms with Gasteiger partial charge in [0, 0.05) is 11.1 Å². The Morgan fingerprint density at radius 2 is 1.44 bits per heavy atom. The van der Waals surface area contributed by atoms with E-state index in [0.717, 1.165) is 0 Å². The number of primary amides is 1. The Balaban J connectivity index is 2.35. The van der Waals surface area contributed by atoms with Crippen molar-refractivity contribution in [2.45, 2.75) is 0 Å². The molecule has 0 unspecified atom stereocenters. The van der Waals surface area contributed by atoms with Gasteiger partial charge in [-0.15, -0.1) is 0 Å². The summed E-state index contributed by atoms with van der Waals surface area (Å²) in [5.41, 5.74) is 6.06. The van der Waals surface area contributed by atoms with E-state index in [4.69, 9.17) is 5.73 Å². The highest BCUT2D eigenvalue weighted by molar-refractivity contribution is 6.11. The number of para-hydroxylation sites is 1. The molecule has 0 saturated heterocycles. The number of aromatic hydroxyl groups is 1. The van der Waals surface area contributed by atoms with Crippen LogP contribution < -0.4 is 5.73 Å². The molecule has 0 aliphatic heterocycles. The molecular weight excluding hydrogens is 230 g/mol. The highest BCUT2D eigenvalue weighted by Gasteiger charge is 2.13. The van der Waals surface area contributed by atoms with Crippen LogP contribution in [0.1, 0.15) is 26.3 Å². The van der Waals surface area contributed by atoms with Crippen molar-refractivity contribution < 1.29 is 14.7 Å². The molecule has 0 atom stereocenters. The van der Waals surface area contributed by atoms with E-state index in [1.807, 2.05) is 0 Å². The lowest BCUT2D eigenvalue weighted by atomic mass is 10.0. The lowest BCUT2D eigenvalue weighted by Crippen LogP contribution is -2.11. The van der Waals surface area contributed by atoms with Crippen molar-refractivity contribution in [1.82, 2.24) is 0 Å². The van der Waals surface area contributed by atoms with Crippen LogP contribution in [0.15, 0.2) is 48.5 Å². The molecule has 18 heavy (non-hydrogen) atoms. The number of carbonyl (C=O) groups is 2. The monoisotopic (exact) mass is 241 g/mol. The fourth-order valence-corrected chi connectivity index (χ4v) is 1.61. The summed E-state index contributed by atoms with van der Waals surface area (Å²) in [5.74, 6) is -0.915. The number of nitrogens with two attached hydrogens (primary N) is 1. The van der Waals surface area contributed by atoms with Gasteiger partial charge in [-0.3, -0.25) is 9.59 Å². The molecule has 1 amide bonds. The minimum atomic E-state index is -0.545. The maximum atomic E-state index is 12.1. The predicted molar refractivity (Wildman–Crippen MR) is 66.5 cm³/mol. The normalized spacial score (nSPS) is 10.0. The number of phenolic OH excluding ortho intramolecular Hbond substituents is 1. The van der Waals surface area contributed by atoms with E-state index in [-0.39, 0.29) is 17.1 Å². The number of hydrogen-bond donors (Lipinski definition) is 2. The molecule has 0 bridgehead atoms. The zero-order chi connectivity index (χ0) is 13.1. The fraction of sp³-hybridized carbons (Fsp3) is 0. The second kappa shape index (κ2) is 4.71. The third kappa shape index (κ3) is 2.22. The first-order valence-electron chi connectivity index (χ1n) is 5.32. The van der Waals surface area contributed by atoms with Gasteiger partial charge in [0.05, 0.1) is 5.56 Å². The molecule has 0 radical (unpaired) electrons. The van der Waals surface area contributed by atoms with Gasteiger partial charge in [-0.2, -0.15) is 0 Å². The summed E-state index contributed by atoms with van der Waals surface area (Å²) in [6, 6.07) is 12.3. The summed E-state index contributed by atoms with van der Waals surface area (Å²) in [7, 11) is 0. The molecule has 4 nitrogen and oxygen atoms in total. The number of phenols is 1. The Hall–Kier alpha value is -2.62. The van der Waals surface area contributed by atoms with Crippen LogP contribution in [0.5, 0.6) is 5.75 Å². The van der Waals surface area contributed by atoms with Crippen molar-refractivity contribution in [3.8, 4) is 5.75 Å². The van der Waals surface area contributed by atoms with Crippen LogP contribution in [-0.2, 0) is 0 Å². The highest BCUT2D eigenvalue weighted by Crippen LogP contribution is 2.19. The minimum Gasteiger partial charge on any atom is -0.507 e. The number of ketones is 1. The van der Waals surface area contributed by atoms with Crippen LogP contribution in [0.25, 0.3) is 0 Å². The molecule has 0 aliphatic carbocycles. The quantitative estimate of drug-likeness (QED) is 0.803. The van der Waals surface area contributed by atoms with Gasteiger partial charge in [0.15, 0.2) is 5.78 Å². The van der Waals surface area contributed by atoms with Crippen molar-refractivity contribution in [3.63, 3.8) is 0 Å². The molecule has 2 aromatic carbocycles. The fourth-order valence-electron chi connectivity index (χ4n) is 1.61. The van der Waals surface area contributed by atoms with E-state index >= 15 is 0 Å². The summed E-state index contributed by atoms with van der Waals surface area (Å²) in [5, 5.41) is 9.59. The number of hydrogen-bond acceptors (Lipinski definition) is 3. The van der Waals surface area contributed by atoms with Crippen LogP contribution in [0.3, 0.4) is 0 Å². The van der Waals surface area contributed by atoms with Crippen molar-refractivity contribution in [3.05, 3.63) is 65.2 Å². The minimum absolute atomic E-state index is 0.0681. The number of benzene rings is 2. The van der Waals surface area contributed by atoms with Crippen LogP contribution in [0.2, 0.25) is 0 Å². The number of amides is 1. The van der Waals surface area contributed by atoms with Gasteiger partial charge in [-0.1, -0.05) is 24.3 Å². The van der Waals surface area contributed by atoms with Gasteiger partial charge in [0.1, 0.15) is 5.75 Å². The third-order valence-corrected chi connectivity index (χ3v) is 2.58. The molecule has 90 valence electrons. The van der Waals surface area contributed by atoms with E-state index in [1.165, 1.54) is 30.3 Å². The Kier molecular flexibility index (Phi) is 3.10. The summed E-state index contributed by atoms with van der Waals surface area (Å²) >= 11 is 0. The SMILES string of the molecule is NC(=O)c1ccc(C(=O)c2ccccc2O)cc1. The van der Waals surface area contributed by atoms with Crippen molar-refractivity contribution in [1.29, 1.82) is 0 Å². The average Bonchev–Trinajstić information content (AvgIpc) is 2.38. The first kappa shape index (κ1) is 11.9. The number of carbonyl (C=O) groups excluding carboxylic acids is 2. The van der Waals surface area contributed by atoms with Gasteiger partial charge >= 0.3 is 0 Å². The molecule has 0 aromatic heterocycles. The summed E-state index contributed by atoms with van der Waals surface area (Å²) in [6.45, 7) is 0. The largest absolute Gasteiger partial charge is 0.507 e. The first-order chi connectivity index (χ1) is 8.59. The molecule has 2 aromatic rings. The van der Waals surface area contributed by atoms with Crippen molar-refractivity contribution in [2.75, 3.05) is 0 Å². The predicted octanol–water partition coefficient (Wildman–Crippen LogP) is 1.72. The Labute approximate surface area is 104 Å². The molecule has 0 fully saturated rings. The molecule has 0 heterocycles. The standard InChI is InChI=1S/C14H11NO3/c15-14(18)10-7-5-9(6-8-10)13(17)11-3-1-2-4-12(11)16/h1-8,16H,(H2,15,18). The van der Waals surface area contributed by atoms with Gasteiger partial charge in [0.25, 0.3) is 0 Å². The Bertz CT molecular complexity index is 603. The maximum Gasteiger partial charge on any atom is 0.248 e. The van der Waals surface area contributed by atoms with Crippen LogP contribution in [0, 0.1) is 0 Å². The molecular formula is C14H11NO3. The van der Waals surface area contributed by atoms with E-state index < -0.39 is 5.91 Å². The summed E-state index contributed by atoms with van der Waals surface area (Å²) in [4.78, 5) is 23.0. The van der Waals surface area contributed by atoms with Crippen LogP contribution in [0.4, 0.5) is 0 Å². The van der Waals surface area contributed by atoms with Crippen molar-refractivity contribution in [2.24, 2.45) is 5.73 Å². The van der Waals surface area contributed by atoms with Gasteiger partial charge in [-0.05, 0) is 24.3 Å². The molecule has 3 N–H and O–H groups in total. The second-order valence-corrected chi connectivity index (χ2v) is 3.79. The average molecular weight is 241 g/mol. The number of rotatable bonds is 3. The van der Waals surface area contributed by atoms with E-state index in [0.29, 0.717) is 11.1 Å². The third-order valence-electron chi connectivity index (χ3n) is 2.58. The van der Waals surface area contributed by atoms with E-state index in [1.54, 1.807) is 18.2 Å². The topological polar surface area (TPSA) is 80.4 Å². The Morgan fingerprint density at radius 3 is 2.00 bits per heavy atom. The molecule has 0 saturated carbocycles. The first-order valence-corrected chi connectivity index (χ1v) is 5.32. The molecule has 4 heteroatoms. The summed E-state index contributed by atoms with van der Waals surface area (Å²) < 4.78 is 0. The molecule has 0 aliphatic rings.